The number of hydrogen-bond acceptors (Lipinski definition) is 17. The number of nitrogens with one attached hydrogen (secondary N) is 2. The van der Waals surface area contributed by atoms with Crippen LogP contribution in [-0.4, -0.2) is 75.9 Å². The van der Waals surface area contributed by atoms with Crippen LogP contribution in [0.5, 0.6) is 5.75 Å². The number of amides is 1. The van der Waals surface area contributed by atoms with E-state index in [1.165, 1.54) is 30.3 Å². The lowest BCUT2D eigenvalue weighted by Crippen LogP contribution is -2.28. The molecule has 6 aromatic carbocycles. The number of ketones is 1. The highest BCUT2D eigenvalue weighted by Gasteiger charge is 2.36. The lowest BCUT2D eigenvalue weighted by molar-refractivity contribution is -0.114. The van der Waals surface area contributed by atoms with Gasteiger partial charge in [0.2, 0.25) is 11.7 Å². The Morgan fingerprint density at radius 2 is 1.35 bits per heavy atom. The van der Waals surface area contributed by atoms with Gasteiger partial charge in [0, 0.05) is 29.1 Å². The van der Waals surface area contributed by atoms with Crippen LogP contribution in [-0.2, 0) is 45.3 Å². The first kappa shape index (κ1) is 48.8. The number of hydrazone groups is 1. The van der Waals surface area contributed by atoms with Gasteiger partial charge in [0.1, 0.15) is 21.2 Å². The fraction of sp³-hybridized carbons (Fsp3) is 0.119. The Balaban J connectivity index is 1.30. The van der Waals surface area contributed by atoms with E-state index in [0.717, 1.165) is 31.2 Å². The number of ether oxygens (including phenoxy) is 1. The van der Waals surface area contributed by atoms with E-state index >= 15 is 0 Å². The van der Waals surface area contributed by atoms with Crippen molar-refractivity contribution < 1.29 is 66.2 Å². The van der Waals surface area contributed by atoms with Crippen LogP contribution in [0.2, 0.25) is 0 Å². The number of carbonyl (C=O) groups is 2. The summed E-state index contributed by atoms with van der Waals surface area (Å²) in [4.78, 5) is 23.4. The van der Waals surface area contributed by atoms with Crippen molar-refractivity contribution in [3.05, 3.63) is 112 Å². The summed E-state index contributed by atoms with van der Waals surface area (Å²) in [6, 6.07) is 18.5. The SMILES string of the molecule is CCOc1cc(N=Nc2cc(C)c(N=Nc3ccc4cccc(S(=O)(=O)O)c4c3)c(C)c2)c2cc(S(=O)(=O)O)ccc2c1N/N=C1/C(=O)c2c(cc(S(=O)(=O)O)cc2NC(C)=O)C=C1S(=O)(=O)O. The van der Waals surface area contributed by atoms with Crippen LogP contribution < -0.4 is 15.5 Å². The maximum absolute atomic E-state index is 14.1. The summed E-state index contributed by atoms with van der Waals surface area (Å²) in [6.45, 7) is 6.06. The maximum Gasteiger partial charge on any atom is 0.296 e. The van der Waals surface area contributed by atoms with Crippen LogP contribution in [0.25, 0.3) is 27.6 Å². The van der Waals surface area contributed by atoms with Gasteiger partial charge in [-0.05, 0) is 104 Å². The number of hydrogen-bond donors (Lipinski definition) is 6. The number of Topliss-reactive ketones (excluding diaryl/α,β-unsaturated/α-hetero) is 1. The summed E-state index contributed by atoms with van der Waals surface area (Å²) in [5.74, 6) is -2.08. The molecular weight excluding hydrogens is 971 g/mol. The van der Waals surface area contributed by atoms with Gasteiger partial charge in [0.05, 0.1) is 50.4 Å². The topological polar surface area (TPSA) is 347 Å². The number of benzene rings is 6. The Kier molecular flexibility index (Phi) is 13.0. The Morgan fingerprint density at radius 3 is 1.97 bits per heavy atom. The van der Waals surface area contributed by atoms with E-state index in [1.54, 1.807) is 51.1 Å². The number of aryl methyl sites for hydroxylation is 2. The molecule has 68 heavy (non-hydrogen) atoms. The minimum Gasteiger partial charge on any atom is -0.492 e. The second-order valence-electron chi connectivity index (χ2n) is 14.8. The van der Waals surface area contributed by atoms with Crippen molar-refractivity contribution >= 4 is 120 Å². The zero-order chi connectivity index (χ0) is 49.7. The number of nitrogens with zero attached hydrogens (tertiary/aromatic N) is 5. The van der Waals surface area contributed by atoms with Gasteiger partial charge in [-0.25, -0.2) is 0 Å². The van der Waals surface area contributed by atoms with Crippen LogP contribution in [0.1, 0.15) is 40.9 Å². The molecule has 0 aromatic heterocycles. The Hall–Kier alpha value is -7.17. The third-order valence-electron chi connectivity index (χ3n) is 10.0. The van der Waals surface area contributed by atoms with Gasteiger partial charge in [-0.1, -0.05) is 24.3 Å². The molecule has 0 spiro atoms. The molecule has 6 aromatic rings. The van der Waals surface area contributed by atoms with Gasteiger partial charge in [0.15, 0.2) is 5.71 Å². The van der Waals surface area contributed by atoms with Gasteiger partial charge in [-0.2, -0.15) is 54.1 Å². The van der Waals surface area contributed by atoms with Gasteiger partial charge < -0.3 is 10.1 Å². The fourth-order valence-corrected chi connectivity index (χ4v) is 9.58. The number of azo groups is 2. The molecule has 1 aliphatic rings. The molecule has 1 amide bonds. The first-order chi connectivity index (χ1) is 31.7. The minimum atomic E-state index is -5.32. The fourth-order valence-electron chi connectivity index (χ4n) is 7.17. The molecule has 0 saturated carbocycles. The first-order valence-electron chi connectivity index (χ1n) is 19.4. The minimum absolute atomic E-state index is 0.00187. The van der Waals surface area contributed by atoms with Crippen LogP contribution in [0, 0.1) is 13.8 Å². The van der Waals surface area contributed by atoms with E-state index < -0.39 is 89.4 Å². The maximum atomic E-state index is 14.1. The molecule has 0 aliphatic heterocycles. The third kappa shape index (κ3) is 10.2. The van der Waals surface area contributed by atoms with Gasteiger partial charge >= 0.3 is 0 Å². The van der Waals surface area contributed by atoms with E-state index in [4.69, 9.17) is 4.74 Å². The number of carbonyl (C=O) groups excluding carboxylic acids is 2. The van der Waals surface area contributed by atoms with Gasteiger partial charge in [0.25, 0.3) is 40.5 Å². The average molecular weight is 1010 g/mol. The molecule has 6 N–H and O–H groups in total. The van der Waals surface area contributed by atoms with Crippen molar-refractivity contribution in [1.29, 1.82) is 0 Å². The van der Waals surface area contributed by atoms with Gasteiger partial charge in [-0.15, -0.1) is 5.11 Å². The molecule has 0 saturated heterocycles. The summed E-state index contributed by atoms with van der Waals surface area (Å²) in [5.41, 5.74) is 2.27. The highest BCUT2D eigenvalue weighted by molar-refractivity contribution is 7.91. The standard InChI is InChI=1S/C42H35N7O15S4/c1-5-64-35-20-33(46-45-27-13-21(2)39(22(3)14-27)47-44-26-10-9-24-7-6-8-36(31(24)17-26)67(58,59)60)32-18-28(65(52,53)54)11-12-30(32)40(35)48-49-41-37(68(61,62)63)16-25-15-29(66(55,56)57)19-34(43-23(4)50)38(25)42(41)51/h6-20,48H,5H2,1-4H3,(H,43,50)(H,52,53,54)(H,55,56,57)(H,58,59,60)(H,61,62,63)/b46-45?,47-44?,49-41+. The summed E-state index contributed by atoms with van der Waals surface area (Å²) in [5, 5.41) is 24.5. The molecule has 1 aliphatic carbocycles. The second kappa shape index (κ2) is 18.1. The predicted molar refractivity (Wildman–Crippen MR) is 248 cm³/mol. The first-order valence-corrected chi connectivity index (χ1v) is 25.2. The molecule has 352 valence electrons. The molecule has 0 heterocycles. The summed E-state index contributed by atoms with van der Waals surface area (Å²) >= 11 is 0. The zero-order valence-corrected chi connectivity index (χ0v) is 38.8. The number of allylic oxidation sites excluding steroid dienone is 1. The monoisotopic (exact) mass is 1010 g/mol. The van der Waals surface area contributed by atoms with Crippen molar-refractivity contribution in [2.75, 3.05) is 17.3 Å². The van der Waals surface area contributed by atoms with Crippen LogP contribution in [0.15, 0.2) is 130 Å². The zero-order valence-electron chi connectivity index (χ0n) is 35.5. The summed E-state index contributed by atoms with van der Waals surface area (Å²) < 4.78 is 144. The second-order valence-corrected chi connectivity index (χ2v) is 20.4. The van der Waals surface area contributed by atoms with Crippen molar-refractivity contribution in [2.45, 2.75) is 42.4 Å². The number of anilines is 2. The molecule has 0 atom stereocenters. The molecule has 0 bridgehead atoms. The molecule has 0 unspecified atom stereocenters. The Bertz CT molecular complexity index is 3760. The highest BCUT2D eigenvalue weighted by atomic mass is 32.2. The number of rotatable bonds is 13. The lowest BCUT2D eigenvalue weighted by Gasteiger charge is -2.21. The van der Waals surface area contributed by atoms with Crippen LogP contribution >= 0.6 is 0 Å². The predicted octanol–water partition coefficient (Wildman–Crippen LogP) is 8.43. The molecule has 0 radical (unpaired) electrons. The third-order valence-corrected chi connectivity index (χ3v) is 13.5. The van der Waals surface area contributed by atoms with E-state index in [9.17, 15) is 61.5 Å². The quantitative estimate of drug-likeness (QED) is 0.0359. The van der Waals surface area contributed by atoms with Crippen molar-refractivity contribution in [3.63, 3.8) is 0 Å². The number of fused-ring (bicyclic) bond motifs is 3. The van der Waals surface area contributed by atoms with E-state index in [1.807, 2.05) is 0 Å². The molecule has 26 heteroatoms. The van der Waals surface area contributed by atoms with Crippen molar-refractivity contribution in [1.82, 2.24) is 0 Å². The van der Waals surface area contributed by atoms with Crippen molar-refractivity contribution in [3.8, 4) is 5.75 Å². The van der Waals surface area contributed by atoms with Crippen LogP contribution in [0.3, 0.4) is 0 Å². The van der Waals surface area contributed by atoms with Crippen molar-refractivity contribution in [2.24, 2.45) is 25.6 Å². The van der Waals surface area contributed by atoms with E-state index in [0.29, 0.717) is 34.0 Å². The van der Waals surface area contributed by atoms with Gasteiger partial charge in [-0.3, -0.25) is 33.2 Å². The molecular formula is C42H35N7O15S4. The summed E-state index contributed by atoms with van der Waals surface area (Å²) in [6.07, 6.45) is 0.698. The van der Waals surface area contributed by atoms with E-state index in [-0.39, 0.29) is 50.5 Å². The van der Waals surface area contributed by atoms with Crippen LogP contribution in [0.4, 0.5) is 34.1 Å². The highest BCUT2D eigenvalue weighted by Crippen LogP contribution is 2.43. The average Bonchev–Trinajstić information content (AvgIpc) is 3.23. The largest absolute Gasteiger partial charge is 0.492 e. The lowest BCUT2D eigenvalue weighted by atomic mass is 9.93. The van der Waals surface area contributed by atoms with E-state index in [2.05, 4.69) is 36.3 Å². The Morgan fingerprint density at radius 1 is 0.676 bits per heavy atom. The molecule has 22 nitrogen and oxygen atoms in total. The molecule has 7 rings (SSSR count). The molecule has 0 fully saturated rings. The Labute approximate surface area is 387 Å². The normalized spacial score (nSPS) is 14.2. The summed E-state index contributed by atoms with van der Waals surface area (Å²) in [7, 11) is -19.7. The smallest absolute Gasteiger partial charge is 0.296 e.